The minimum absolute atomic E-state index is 0.0915. The van der Waals surface area contributed by atoms with Gasteiger partial charge in [0.15, 0.2) is 11.5 Å². The first-order valence-electron chi connectivity index (χ1n) is 6.23. The molecule has 0 fully saturated rings. The first kappa shape index (κ1) is 13.4. The number of hydrogen-bond acceptors (Lipinski definition) is 4. The predicted octanol–water partition coefficient (Wildman–Crippen LogP) is 4.21. The molecule has 0 aliphatic heterocycles. The van der Waals surface area contributed by atoms with Crippen molar-refractivity contribution >= 4 is 17.6 Å². The molecule has 0 N–H and O–H groups in total. The largest absolute Gasteiger partial charge is 0.420 e. The minimum atomic E-state index is -0.617. The number of nitrogens with zero attached hydrogens (tertiary/aromatic N) is 1. The van der Waals surface area contributed by atoms with Gasteiger partial charge in [0.2, 0.25) is 0 Å². The fourth-order valence-electron chi connectivity index (χ4n) is 1.79. The zero-order valence-electron chi connectivity index (χ0n) is 10.8. The van der Waals surface area contributed by atoms with Gasteiger partial charge in [0.25, 0.3) is 0 Å². The number of ether oxygens (including phenoxy) is 1. The van der Waals surface area contributed by atoms with Gasteiger partial charge in [-0.1, -0.05) is 59.2 Å². The summed E-state index contributed by atoms with van der Waals surface area (Å²) in [4.78, 5) is 12.0. The number of carbonyl (C=O) groups excluding carboxylic acids is 1. The highest BCUT2D eigenvalue weighted by Crippen LogP contribution is 2.25. The van der Waals surface area contributed by atoms with Gasteiger partial charge in [-0.25, -0.2) is 4.79 Å². The second-order valence-corrected chi connectivity index (χ2v) is 4.67. The van der Waals surface area contributed by atoms with Gasteiger partial charge in [-0.05, 0) is 12.1 Å². The van der Waals surface area contributed by atoms with Crippen LogP contribution in [-0.2, 0) is 0 Å². The van der Waals surface area contributed by atoms with Gasteiger partial charge in [0.05, 0.1) is 5.02 Å². The van der Waals surface area contributed by atoms with Crippen LogP contribution in [0.1, 0.15) is 10.5 Å². The van der Waals surface area contributed by atoms with Crippen LogP contribution in [0.5, 0.6) is 5.75 Å². The molecule has 0 saturated carbocycles. The van der Waals surface area contributed by atoms with E-state index < -0.39 is 5.97 Å². The lowest BCUT2D eigenvalue weighted by molar-refractivity contribution is 0.0724. The van der Waals surface area contributed by atoms with E-state index >= 15 is 0 Å². The van der Waals surface area contributed by atoms with E-state index in [9.17, 15) is 4.79 Å². The minimum Gasteiger partial charge on any atom is -0.420 e. The van der Waals surface area contributed by atoms with E-state index in [0.717, 1.165) is 5.56 Å². The van der Waals surface area contributed by atoms with E-state index in [0.29, 0.717) is 10.8 Å². The van der Waals surface area contributed by atoms with Gasteiger partial charge >= 0.3 is 5.97 Å². The molecule has 0 atom stereocenters. The maximum absolute atomic E-state index is 12.0. The Bertz CT molecular complexity index is 768. The van der Waals surface area contributed by atoms with Crippen LogP contribution in [0.4, 0.5) is 0 Å². The number of aromatic nitrogens is 1. The summed E-state index contributed by atoms with van der Waals surface area (Å²) in [6, 6.07) is 17.6. The molecule has 3 rings (SSSR count). The Balaban J connectivity index is 1.80. The Morgan fingerprint density at radius 1 is 1.05 bits per heavy atom. The monoisotopic (exact) mass is 299 g/mol. The summed E-state index contributed by atoms with van der Waals surface area (Å²) in [7, 11) is 0. The Kier molecular flexibility index (Phi) is 3.71. The van der Waals surface area contributed by atoms with E-state index in [4.69, 9.17) is 20.9 Å². The van der Waals surface area contributed by atoms with Gasteiger partial charge in [0, 0.05) is 11.6 Å². The van der Waals surface area contributed by atoms with Crippen LogP contribution >= 0.6 is 11.6 Å². The smallest absolute Gasteiger partial charge is 0.366 e. The van der Waals surface area contributed by atoms with Crippen molar-refractivity contribution in [3.05, 3.63) is 71.4 Å². The van der Waals surface area contributed by atoms with Crippen molar-refractivity contribution in [2.45, 2.75) is 0 Å². The zero-order valence-corrected chi connectivity index (χ0v) is 11.6. The Hall–Kier alpha value is -2.59. The van der Waals surface area contributed by atoms with Gasteiger partial charge in [-0.3, -0.25) is 0 Å². The third-order valence-electron chi connectivity index (χ3n) is 2.82. The maximum Gasteiger partial charge on any atom is 0.366 e. The van der Waals surface area contributed by atoms with Gasteiger partial charge in [-0.15, -0.1) is 0 Å². The predicted molar refractivity (Wildman–Crippen MR) is 78.3 cm³/mol. The van der Waals surface area contributed by atoms with E-state index in [1.165, 1.54) is 6.07 Å². The molecular weight excluding hydrogens is 290 g/mol. The lowest BCUT2D eigenvalue weighted by atomic mass is 10.2. The first-order chi connectivity index (χ1) is 10.2. The molecule has 1 aromatic heterocycles. The van der Waals surface area contributed by atoms with Crippen molar-refractivity contribution < 1.29 is 14.1 Å². The number of para-hydroxylation sites is 1. The summed E-state index contributed by atoms with van der Waals surface area (Å²) in [6.07, 6.45) is 0. The van der Waals surface area contributed by atoms with Gasteiger partial charge in [0.1, 0.15) is 5.75 Å². The molecule has 0 bridgehead atoms. The molecule has 3 aromatic rings. The van der Waals surface area contributed by atoms with Crippen molar-refractivity contribution in [3.8, 4) is 17.1 Å². The molecule has 104 valence electrons. The second-order valence-electron chi connectivity index (χ2n) is 4.26. The average Bonchev–Trinajstić information content (AvgIpc) is 3.00. The van der Waals surface area contributed by atoms with Crippen LogP contribution in [0.2, 0.25) is 5.02 Å². The first-order valence-corrected chi connectivity index (χ1v) is 6.61. The van der Waals surface area contributed by atoms with Crippen molar-refractivity contribution in [3.63, 3.8) is 0 Å². The molecule has 0 saturated heterocycles. The quantitative estimate of drug-likeness (QED) is 0.537. The molecule has 0 unspecified atom stereocenters. The molecule has 0 spiro atoms. The standard InChI is InChI=1S/C16H10ClNO3/c17-12-8-4-5-9-14(12)20-16(19)13-10-15(21-18-13)11-6-2-1-3-7-11/h1-10H. The van der Waals surface area contributed by atoms with E-state index in [1.54, 1.807) is 24.3 Å². The molecule has 0 aliphatic carbocycles. The summed E-state index contributed by atoms with van der Waals surface area (Å²) in [6.45, 7) is 0. The Labute approximate surface area is 125 Å². The molecule has 5 heteroatoms. The molecule has 0 aliphatic rings. The molecule has 4 nitrogen and oxygen atoms in total. The highest BCUT2D eigenvalue weighted by atomic mass is 35.5. The Morgan fingerprint density at radius 2 is 1.76 bits per heavy atom. The third-order valence-corrected chi connectivity index (χ3v) is 3.13. The fraction of sp³-hybridized carbons (Fsp3) is 0. The van der Waals surface area contributed by atoms with Crippen LogP contribution in [0.15, 0.2) is 65.2 Å². The lowest BCUT2D eigenvalue weighted by Gasteiger charge is -2.02. The summed E-state index contributed by atoms with van der Waals surface area (Å²) >= 11 is 5.94. The Morgan fingerprint density at radius 3 is 2.52 bits per heavy atom. The maximum atomic E-state index is 12.0. The highest BCUT2D eigenvalue weighted by molar-refractivity contribution is 6.32. The van der Waals surface area contributed by atoms with Crippen LogP contribution in [0, 0.1) is 0 Å². The fourth-order valence-corrected chi connectivity index (χ4v) is 1.96. The topological polar surface area (TPSA) is 52.3 Å². The highest BCUT2D eigenvalue weighted by Gasteiger charge is 2.16. The SMILES string of the molecule is O=C(Oc1ccccc1Cl)c1cc(-c2ccccc2)on1. The number of esters is 1. The van der Waals surface area contributed by atoms with Crippen LogP contribution in [0.3, 0.4) is 0 Å². The van der Waals surface area contributed by atoms with Gasteiger partial charge in [-0.2, -0.15) is 0 Å². The van der Waals surface area contributed by atoms with Crippen LogP contribution < -0.4 is 4.74 Å². The number of halogens is 1. The second kappa shape index (κ2) is 5.81. The normalized spacial score (nSPS) is 10.3. The average molecular weight is 300 g/mol. The number of rotatable bonds is 3. The van der Waals surface area contributed by atoms with Crippen molar-refractivity contribution in [1.29, 1.82) is 0 Å². The molecule has 0 amide bonds. The van der Waals surface area contributed by atoms with E-state index in [-0.39, 0.29) is 11.4 Å². The van der Waals surface area contributed by atoms with Crippen LogP contribution in [-0.4, -0.2) is 11.1 Å². The molecule has 2 aromatic carbocycles. The number of carbonyl (C=O) groups is 1. The lowest BCUT2D eigenvalue weighted by Crippen LogP contribution is -2.08. The van der Waals surface area contributed by atoms with Gasteiger partial charge < -0.3 is 9.26 Å². The summed E-state index contributed by atoms with van der Waals surface area (Å²) in [5.41, 5.74) is 0.926. The molecule has 1 heterocycles. The number of benzene rings is 2. The van der Waals surface area contributed by atoms with E-state index in [1.807, 2.05) is 30.3 Å². The van der Waals surface area contributed by atoms with Crippen molar-refractivity contribution in [1.82, 2.24) is 5.16 Å². The van der Waals surface area contributed by atoms with Crippen molar-refractivity contribution in [2.24, 2.45) is 0 Å². The zero-order chi connectivity index (χ0) is 14.7. The molecular formula is C16H10ClNO3. The third kappa shape index (κ3) is 2.95. The number of hydrogen-bond donors (Lipinski definition) is 0. The van der Waals surface area contributed by atoms with Crippen molar-refractivity contribution in [2.75, 3.05) is 0 Å². The van der Waals surface area contributed by atoms with E-state index in [2.05, 4.69) is 5.16 Å². The summed E-state index contributed by atoms with van der Waals surface area (Å²) in [5.74, 6) is 0.171. The molecule has 21 heavy (non-hydrogen) atoms. The van der Waals surface area contributed by atoms with Crippen LogP contribution in [0.25, 0.3) is 11.3 Å². The molecule has 0 radical (unpaired) electrons. The summed E-state index contributed by atoms with van der Waals surface area (Å²) < 4.78 is 10.3. The summed E-state index contributed by atoms with van der Waals surface area (Å²) in [5, 5.41) is 4.08.